The van der Waals surface area contributed by atoms with Crippen molar-refractivity contribution in [3.05, 3.63) is 71.8 Å². The normalized spacial score (nSPS) is 39.0. The van der Waals surface area contributed by atoms with Crippen molar-refractivity contribution < 1.29 is 29.2 Å². The van der Waals surface area contributed by atoms with Gasteiger partial charge in [-0.05, 0) is 23.8 Å². The third-order valence-corrected chi connectivity index (χ3v) is 6.03. The lowest BCUT2D eigenvalue weighted by atomic mass is 9.98. The highest BCUT2D eigenvalue weighted by atomic mass is 16.8. The van der Waals surface area contributed by atoms with Crippen LogP contribution in [0.2, 0.25) is 0 Å². The van der Waals surface area contributed by atoms with E-state index in [-0.39, 0.29) is 6.61 Å². The minimum absolute atomic E-state index is 0.268. The van der Waals surface area contributed by atoms with Gasteiger partial charge in [-0.1, -0.05) is 60.7 Å². The lowest BCUT2D eigenvalue weighted by Crippen LogP contribution is -2.62. The Hall–Kier alpha value is -1.80. The lowest BCUT2D eigenvalue weighted by molar-refractivity contribution is -0.361. The number of aliphatic hydroxyl groups excluding tert-OH is 2. The molecule has 3 fully saturated rings. The van der Waals surface area contributed by atoms with Crippen LogP contribution >= 0.6 is 0 Å². The summed E-state index contributed by atoms with van der Waals surface area (Å²) in [4.78, 5) is 0. The van der Waals surface area contributed by atoms with Crippen molar-refractivity contribution in [3.63, 3.8) is 0 Å². The largest absolute Gasteiger partial charge is 0.387 e. The number of hydrogen-bond acceptors (Lipinski definition) is 6. The quantitative estimate of drug-likeness (QED) is 0.805. The van der Waals surface area contributed by atoms with Gasteiger partial charge in [-0.2, -0.15) is 0 Å². The number of rotatable bonds is 5. The van der Waals surface area contributed by atoms with Crippen molar-refractivity contribution in [2.75, 3.05) is 13.2 Å². The van der Waals surface area contributed by atoms with Crippen molar-refractivity contribution in [2.45, 2.75) is 49.3 Å². The summed E-state index contributed by atoms with van der Waals surface area (Å²) in [5.41, 5.74) is 2.18. The first-order valence-electron chi connectivity index (χ1n) is 10.2. The average molecular weight is 398 g/mol. The van der Waals surface area contributed by atoms with Crippen LogP contribution in [-0.2, 0) is 18.9 Å². The summed E-state index contributed by atoms with van der Waals surface area (Å²) in [6.07, 6.45) is -3.82. The number of fused-ring (bicyclic) bond motifs is 1. The van der Waals surface area contributed by atoms with Gasteiger partial charge >= 0.3 is 0 Å². The fourth-order valence-corrected chi connectivity index (χ4v) is 4.25. The van der Waals surface area contributed by atoms with Gasteiger partial charge in [0.2, 0.25) is 0 Å². The summed E-state index contributed by atoms with van der Waals surface area (Å²) in [6.45, 7) is 0.754. The zero-order valence-corrected chi connectivity index (χ0v) is 16.0. The number of benzene rings is 2. The molecule has 2 saturated heterocycles. The van der Waals surface area contributed by atoms with Crippen molar-refractivity contribution in [3.8, 4) is 0 Å². The molecular weight excluding hydrogens is 372 g/mol. The van der Waals surface area contributed by atoms with Crippen molar-refractivity contribution in [2.24, 2.45) is 5.92 Å². The van der Waals surface area contributed by atoms with E-state index in [1.54, 1.807) is 0 Å². The van der Waals surface area contributed by atoms with Crippen LogP contribution in [0.3, 0.4) is 0 Å². The van der Waals surface area contributed by atoms with Gasteiger partial charge in [0.25, 0.3) is 0 Å². The summed E-state index contributed by atoms with van der Waals surface area (Å²) >= 11 is 0. The lowest BCUT2D eigenvalue weighted by Gasteiger charge is -2.46. The molecule has 8 atom stereocenters. The van der Waals surface area contributed by atoms with E-state index in [2.05, 4.69) is 12.1 Å². The summed E-state index contributed by atoms with van der Waals surface area (Å²) in [7, 11) is 0. The molecule has 2 heterocycles. The number of aliphatic hydroxyl groups is 2. The highest BCUT2D eigenvalue weighted by Crippen LogP contribution is 2.47. The van der Waals surface area contributed by atoms with Crippen LogP contribution in [0.5, 0.6) is 0 Å². The molecule has 2 aromatic rings. The monoisotopic (exact) mass is 398 g/mol. The van der Waals surface area contributed by atoms with Crippen molar-refractivity contribution in [1.29, 1.82) is 0 Å². The fourth-order valence-electron chi connectivity index (χ4n) is 4.25. The second-order valence-corrected chi connectivity index (χ2v) is 8.05. The van der Waals surface area contributed by atoms with Gasteiger partial charge in [0.05, 0.1) is 13.2 Å². The van der Waals surface area contributed by atoms with Crippen LogP contribution in [0, 0.1) is 5.92 Å². The molecule has 0 unspecified atom stereocenters. The Morgan fingerprint density at radius 1 is 0.862 bits per heavy atom. The predicted octanol–water partition coefficient (Wildman–Crippen LogP) is 2.37. The standard InChI is InChI=1S/C23H26O6/c24-19-20(25)23(26-12-16-11-17(16)14-7-3-1-4-8-14)28-18-13-27-22(29-21(18)19)15-9-5-2-6-10-15/h1-10,16-25H,11-13H2/t16-,17-,18-,19-,20-,21+,22+,23-/m1/s1. The molecular formula is C23H26O6. The van der Waals surface area contributed by atoms with E-state index in [0.717, 1.165) is 12.0 Å². The first-order valence-corrected chi connectivity index (χ1v) is 10.2. The van der Waals surface area contributed by atoms with E-state index in [0.29, 0.717) is 18.4 Å². The molecule has 5 rings (SSSR count). The van der Waals surface area contributed by atoms with E-state index >= 15 is 0 Å². The molecule has 1 aliphatic carbocycles. The Morgan fingerprint density at radius 2 is 1.55 bits per heavy atom. The maximum atomic E-state index is 10.6. The van der Waals surface area contributed by atoms with Gasteiger partial charge in [0.15, 0.2) is 12.6 Å². The summed E-state index contributed by atoms with van der Waals surface area (Å²) in [6, 6.07) is 19.9. The molecule has 6 heteroatoms. The summed E-state index contributed by atoms with van der Waals surface area (Å²) in [5.74, 6) is 0.895. The fraction of sp³-hybridized carbons (Fsp3) is 0.478. The van der Waals surface area contributed by atoms with E-state index in [4.69, 9.17) is 18.9 Å². The van der Waals surface area contributed by atoms with Crippen LogP contribution in [-0.4, -0.2) is 54.1 Å². The molecule has 0 radical (unpaired) electrons. The van der Waals surface area contributed by atoms with Gasteiger partial charge in [0, 0.05) is 5.56 Å². The molecule has 0 spiro atoms. The zero-order chi connectivity index (χ0) is 19.8. The Labute approximate surface area is 170 Å². The van der Waals surface area contributed by atoms with E-state index < -0.39 is 37.0 Å². The first kappa shape index (κ1) is 19.2. The molecule has 29 heavy (non-hydrogen) atoms. The zero-order valence-electron chi connectivity index (χ0n) is 16.0. The molecule has 2 N–H and O–H groups in total. The molecule has 3 aliphatic rings. The van der Waals surface area contributed by atoms with E-state index in [1.807, 2.05) is 48.5 Å². The molecule has 0 amide bonds. The summed E-state index contributed by atoms with van der Waals surface area (Å²) < 4.78 is 23.4. The van der Waals surface area contributed by atoms with Crippen LogP contribution in [0.1, 0.15) is 29.8 Å². The Bertz CT molecular complexity index is 798. The van der Waals surface area contributed by atoms with Crippen LogP contribution in [0.4, 0.5) is 0 Å². The Kier molecular flexibility index (Phi) is 5.39. The van der Waals surface area contributed by atoms with Crippen molar-refractivity contribution >= 4 is 0 Å². The second-order valence-electron chi connectivity index (χ2n) is 8.05. The predicted molar refractivity (Wildman–Crippen MR) is 104 cm³/mol. The SMILES string of the molecule is O[C@@H]1[C@@H](O)[C@H](OC[C@H]2C[C@@H]2c2ccccc2)O[C@@H]2CO[C@H](c3ccccc3)O[C@H]12. The van der Waals surface area contributed by atoms with Gasteiger partial charge in [0.1, 0.15) is 24.4 Å². The van der Waals surface area contributed by atoms with Gasteiger partial charge < -0.3 is 29.2 Å². The van der Waals surface area contributed by atoms with E-state index in [9.17, 15) is 10.2 Å². The minimum atomic E-state index is -1.17. The second kappa shape index (κ2) is 8.14. The molecule has 2 aromatic carbocycles. The third-order valence-electron chi connectivity index (χ3n) is 6.03. The minimum Gasteiger partial charge on any atom is -0.387 e. The van der Waals surface area contributed by atoms with Crippen molar-refractivity contribution in [1.82, 2.24) is 0 Å². The van der Waals surface area contributed by atoms with E-state index in [1.165, 1.54) is 5.56 Å². The maximum absolute atomic E-state index is 10.6. The van der Waals surface area contributed by atoms with Gasteiger partial charge in [-0.3, -0.25) is 0 Å². The van der Waals surface area contributed by atoms with Gasteiger partial charge in [-0.15, -0.1) is 0 Å². The van der Waals surface area contributed by atoms with Crippen LogP contribution in [0.15, 0.2) is 60.7 Å². The Balaban J connectivity index is 1.17. The summed E-state index contributed by atoms with van der Waals surface area (Å²) in [5, 5.41) is 21.2. The highest BCUT2D eigenvalue weighted by molar-refractivity contribution is 5.25. The molecule has 6 nitrogen and oxygen atoms in total. The topological polar surface area (TPSA) is 77.4 Å². The first-order chi connectivity index (χ1) is 14.2. The smallest absolute Gasteiger partial charge is 0.186 e. The highest BCUT2D eigenvalue weighted by Gasteiger charge is 2.50. The van der Waals surface area contributed by atoms with Gasteiger partial charge in [-0.25, -0.2) is 0 Å². The van der Waals surface area contributed by atoms with Crippen LogP contribution in [0.25, 0.3) is 0 Å². The molecule has 154 valence electrons. The number of hydrogen-bond donors (Lipinski definition) is 2. The average Bonchev–Trinajstić information content (AvgIpc) is 3.56. The molecule has 2 aliphatic heterocycles. The molecule has 1 saturated carbocycles. The van der Waals surface area contributed by atoms with Crippen LogP contribution < -0.4 is 0 Å². The Morgan fingerprint density at radius 3 is 2.28 bits per heavy atom. The maximum Gasteiger partial charge on any atom is 0.186 e. The third kappa shape index (κ3) is 3.97. The molecule has 0 aromatic heterocycles. The molecule has 0 bridgehead atoms. The number of ether oxygens (including phenoxy) is 4.